The summed E-state index contributed by atoms with van der Waals surface area (Å²) in [5.74, 6) is 0.822. The number of anilines is 1. The molecule has 0 saturated carbocycles. The number of nitrogens with zero attached hydrogens (tertiary/aromatic N) is 1. The van der Waals surface area contributed by atoms with Crippen molar-refractivity contribution in [2.24, 2.45) is 0 Å². The van der Waals surface area contributed by atoms with Gasteiger partial charge in [-0.25, -0.2) is 4.79 Å². The highest BCUT2D eigenvalue weighted by Crippen LogP contribution is 2.28. The van der Waals surface area contributed by atoms with E-state index in [0.29, 0.717) is 11.8 Å². The quantitative estimate of drug-likeness (QED) is 0.544. The molecule has 2 aromatic rings. The number of carbonyl (C=O) groups is 1. The first kappa shape index (κ1) is 23.1. The number of ether oxygens (including phenoxy) is 1. The molecule has 0 heterocycles. The summed E-state index contributed by atoms with van der Waals surface area (Å²) in [4.78, 5) is 15.8. The van der Waals surface area contributed by atoms with Crippen LogP contribution in [0.3, 0.4) is 0 Å². The van der Waals surface area contributed by atoms with Crippen molar-refractivity contribution < 1.29 is 9.53 Å². The topological polar surface area (TPSA) is 53.6 Å². The van der Waals surface area contributed by atoms with Crippen LogP contribution in [0, 0.1) is 6.92 Å². The summed E-state index contributed by atoms with van der Waals surface area (Å²) in [7, 11) is 5.67. The van der Waals surface area contributed by atoms with E-state index in [1.807, 2.05) is 63.1 Å². The second-order valence-electron chi connectivity index (χ2n) is 7.40. The molecule has 158 valence electrons. The minimum absolute atomic E-state index is 0.0714. The molecule has 0 fully saturated rings. The van der Waals surface area contributed by atoms with Crippen molar-refractivity contribution in [2.45, 2.75) is 43.4 Å². The molecule has 6 heteroatoms. The Morgan fingerprint density at radius 2 is 1.86 bits per heavy atom. The van der Waals surface area contributed by atoms with Gasteiger partial charge in [0.15, 0.2) is 0 Å². The SMILES string of the molecule is CCC(C)Sc1ccc(NC(=O)NCC(c2ccc(OC)cc2)N(C)C)c(C)c1. The standard InChI is InChI=1S/C23H33N3O2S/c1-7-17(3)29-20-12-13-21(16(2)14-20)25-23(27)24-15-22(26(4)5)18-8-10-19(28-6)11-9-18/h8-14,17,22H,7,15H2,1-6H3,(H2,24,25,27). The number of thioether (sulfide) groups is 1. The van der Waals surface area contributed by atoms with Crippen molar-refractivity contribution >= 4 is 23.5 Å². The largest absolute Gasteiger partial charge is 0.497 e. The van der Waals surface area contributed by atoms with Crippen LogP contribution in [0.15, 0.2) is 47.4 Å². The van der Waals surface area contributed by atoms with Gasteiger partial charge in [-0.05, 0) is 68.9 Å². The van der Waals surface area contributed by atoms with Gasteiger partial charge in [-0.15, -0.1) is 11.8 Å². The molecular formula is C23H33N3O2S. The Morgan fingerprint density at radius 1 is 1.17 bits per heavy atom. The van der Waals surface area contributed by atoms with Gasteiger partial charge in [0.1, 0.15) is 5.75 Å². The zero-order valence-corrected chi connectivity index (χ0v) is 19.1. The Bertz CT molecular complexity index is 793. The Hall–Kier alpha value is -2.18. The van der Waals surface area contributed by atoms with Crippen LogP contribution in [-0.4, -0.2) is 43.9 Å². The smallest absolute Gasteiger partial charge is 0.319 e. The molecule has 0 aliphatic carbocycles. The minimum Gasteiger partial charge on any atom is -0.497 e. The molecule has 2 N–H and O–H groups in total. The lowest BCUT2D eigenvalue weighted by molar-refractivity contribution is 0.243. The Kier molecular flexibility index (Phi) is 8.86. The number of carbonyl (C=O) groups excluding carboxylic acids is 1. The zero-order valence-electron chi connectivity index (χ0n) is 18.3. The van der Waals surface area contributed by atoms with Gasteiger partial charge in [0, 0.05) is 22.4 Å². The van der Waals surface area contributed by atoms with Crippen LogP contribution in [0.1, 0.15) is 37.4 Å². The first-order valence-corrected chi connectivity index (χ1v) is 10.8. The van der Waals surface area contributed by atoms with Gasteiger partial charge in [0.2, 0.25) is 0 Å². The van der Waals surface area contributed by atoms with Crippen molar-refractivity contribution in [1.29, 1.82) is 0 Å². The molecule has 0 aliphatic heterocycles. The average molecular weight is 416 g/mol. The number of urea groups is 1. The lowest BCUT2D eigenvalue weighted by atomic mass is 10.1. The van der Waals surface area contributed by atoms with Gasteiger partial charge in [-0.2, -0.15) is 0 Å². The van der Waals surface area contributed by atoms with Gasteiger partial charge in [0.05, 0.1) is 13.2 Å². The zero-order chi connectivity index (χ0) is 21.4. The summed E-state index contributed by atoms with van der Waals surface area (Å²) >= 11 is 1.86. The van der Waals surface area contributed by atoms with E-state index in [1.54, 1.807) is 7.11 Å². The highest BCUT2D eigenvalue weighted by atomic mass is 32.2. The van der Waals surface area contributed by atoms with E-state index in [2.05, 4.69) is 41.5 Å². The van der Waals surface area contributed by atoms with E-state index in [9.17, 15) is 4.79 Å². The summed E-state index contributed by atoms with van der Waals surface area (Å²) in [5.41, 5.74) is 3.02. The van der Waals surface area contributed by atoms with Crippen LogP contribution in [0.2, 0.25) is 0 Å². The number of hydrogen-bond donors (Lipinski definition) is 2. The number of hydrogen-bond acceptors (Lipinski definition) is 4. The first-order chi connectivity index (χ1) is 13.8. The molecule has 2 aromatic carbocycles. The number of methoxy groups -OCH3 is 1. The molecule has 2 atom stereocenters. The highest BCUT2D eigenvalue weighted by molar-refractivity contribution is 7.99. The normalized spacial score (nSPS) is 13.1. The molecule has 0 bridgehead atoms. The molecule has 2 amide bonds. The van der Waals surface area contributed by atoms with Crippen molar-refractivity contribution in [3.05, 3.63) is 53.6 Å². The highest BCUT2D eigenvalue weighted by Gasteiger charge is 2.16. The number of amides is 2. The molecule has 2 rings (SSSR count). The molecule has 29 heavy (non-hydrogen) atoms. The number of nitrogens with one attached hydrogen (secondary N) is 2. The molecular weight excluding hydrogens is 382 g/mol. The van der Waals surface area contributed by atoms with E-state index < -0.39 is 0 Å². The van der Waals surface area contributed by atoms with Gasteiger partial charge < -0.3 is 20.3 Å². The third kappa shape index (κ3) is 6.98. The maximum Gasteiger partial charge on any atom is 0.319 e. The number of likely N-dealkylation sites (N-methyl/N-ethyl adjacent to an activating group) is 1. The lowest BCUT2D eigenvalue weighted by Gasteiger charge is -2.25. The fourth-order valence-electron chi connectivity index (χ4n) is 2.95. The van der Waals surface area contributed by atoms with Crippen molar-refractivity contribution in [3.8, 4) is 5.75 Å². The van der Waals surface area contributed by atoms with Crippen LogP contribution < -0.4 is 15.4 Å². The van der Waals surface area contributed by atoms with Crippen molar-refractivity contribution in [1.82, 2.24) is 10.2 Å². The second-order valence-corrected chi connectivity index (χ2v) is 8.91. The fraction of sp³-hybridized carbons (Fsp3) is 0.435. The predicted octanol–water partition coefficient (Wildman–Crippen LogP) is 5.32. The summed E-state index contributed by atoms with van der Waals surface area (Å²) in [6, 6.07) is 14.0. The summed E-state index contributed by atoms with van der Waals surface area (Å²) in [5, 5.41) is 6.55. The van der Waals surface area contributed by atoms with Crippen molar-refractivity contribution in [3.63, 3.8) is 0 Å². The summed E-state index contributed by atoms with van der Waals surface area (Å²) in [6.45, 7) is 6.95. The van der Waals surface area contributed by atoms with Gasteiger partial charge in [-0.3, -0.25) is 0 Å². The maximum atomic E-state index is 12.5. The van der Waals surface area contributed by atoms with Crippen LogP contribution in [0.4, 0.5) is 10.5 Å². The molecule has 0 aliphatic rings. The average Bonchev–Trinajstić information content (AvgIpc) is 2.70. The van der Waals surface area contributed by atoms with E-state index in [0.717, 1.165) is 29.0 Å². The van der Waals surface area contributed by atoms with Gasteiger partial charge >= 0.3 is 6.03 Å². The van der Waals surface area contributed by atoms with E-state index in [1.165, 1.54) is 4.90 Å². The van der Waals surface area contributed by atoms with E-state index in [4.69, 9.17) is 4.74 Å². The maximum absolute atomic E-state index is 12.5. The molecule has 0 radical (unpaired) electrons. The molecule has 5 nitrogen and oxygen atoms in total. The molecule has 0 spiro atoms. The van der Waals surface area contributed by atoms with Crippen LogP contribution in [-0.2, 0) is 0 Å². The number of rotatable bonds is 9. The Balaban J connectivity index is 1.96. The van der Waals surface area contributed by atoms with E-state index in [-0.39, 0.29) is 12.1 Å². The number of benzene rings is 2. The first-order valence-electron chi connectivity index (χ1n) is 9.96. The van der Waals surface area contributed by atoms with Crippen molar-refractivity contribution in [2.75, 3.05) is 33.1 Å². The second kappa shape index (κ2) is 11.1. The van der Waals surface area contributed by atoms with Crippen LogP contribution in [0.25, 0.3) is 0 Å². The van der Waals surface area contributed by atoms with Crippen LogP contribution >= 0.6 is 11.8 Å². The lowest BCUT2D eigenvalue weighted by Crippen LogP contribution is -2.37. The van der Waals surface area contributed by atoms with E-state index >= 15 is 0 Å². The third-order valence-corrected chi connectivity index (χ3v) is 6.20. The number of aryl methyl sites for hydroxylation is 1. The molecule has 2 unspecified atom stereocenters. The molecule has 0 aromatic heterocycles. The van der Waals surface area contributed by atoms with Crippen LogP contribution in [0.5, 0.6) is 5.75 Å². The fourth-order valence-corrected chi connectivity index (χ4v) is 3.97. The predicted molar refractivity (Wildman–Crippen MR) is 123 cm³/mol. The summed E-state index contributed by atoms with van der Waals surface area (Å²) < 4.78 is 5.23. The Morgan fingerprint density at radius 3 is 2.41 bits per heavy atom. The van der Waals surface area contributed by atoms with Gasteiger partial charge in [-0.1, -0.05) is 26.0 Å². The van der Waals surface area contributed by atoms with Gasteiger partial charge in [0.25, 0.3) is 0 Å². The minimum atomic E-state index is -0.198. The summed E-state index contributed by atoms with van der Waals surface area (Å²) in [6.07, 6.45) is 1.13. The third-order valence-electron chi connectivity index (χ3n) is 4.94. The monoisotopic (exact) mass is 415 g/mol. The molecule has 0 saturated heterocycles. The Labute approximate surface area is 179 Å².